The van der Waals surface area contributed by atoms with Gasteiger partial charge in [0.2, 0.25) is 0 Å². The molecule has 33 heavy (non-hydrogen) atoms. The first-order valence-corrected chi connectivity index (χ1v) is 10.9. The second-order valence-corrected chi connectivity index (χ2v) is 8.44. The van der Waals surface area contributed by atoms with Crippen molar-refractivity contribution in [2.45, 2.75) is 62.3 Å². The number of pyridine rings is 2. The molecule has 0 aliphatic carbocycles. The van der Waals surface area contributed by atoms with Crippen LogP contribution in [0.3, 0.4) is 0 Å². The van der Waals surface area contributed by atoms with E-state index in [1.165, 1.54) is 0 Å². The van der Waals surface area contributed by atoms with Crippen LogP contribution in [0, 0.1) is 17.8 Å². The van der Waals surface area contributed by atoms with Crippen LogP contribution in [0.4, 0.5) is 0 Å². The fourth-order valence-corrected chi connectivity index (χ4v) is 1.03. The van der Waals surface area contributed by atoms with E-state index >= 15 is 0 Å². The lowest BCUT2D eigenvalue weighted by Gasteiger charge is -1.94. The Kier molecular flexibility index (Phi) is 54.1. The molecule has 0 spiro atoms. The lowest BCUT2D eigenvalue weighted by molar-refractivity contribution is 0.736. The Bertz CT molecular complexity index is 442. The molecule has 9 radical (unpaired) electrons. The highest BCUT2D eigenvalue weighted by Gasteiger charge is 1.73. The van der Waals surface area contributed by atoms with Gasteiger partial charge in [-0.15, -0.1) is 0 Å². The molecule has 0 saturated heterocycles. The van der Waals surface area contributed by atoms with Gasteiger partial charge in [0, 0.05) is 56.6 Å². The largest absolute Gasteiger partial charge is 0.387 e. The van der Waals surface area contributed by atoms with E-state index in [-0.39, 0.29) is 25.2 Å². The maximum atomic E-state index is 3.78. The molecule has 2 aromatic rings. The van der Waals surface area contributed by atoms with Crippen molar-refractivity contribution < 1.29 is 0 Å². The highest BCUT2D eigenvalue weighted by atomic mass is 14.8. The molecule has 1 aliphatic heterocycles. The van der Waals surface area contributed by atoms with Crippen LogP contribution >= 0.6 is 0 Å². The zero-order chi connectivity index (χ0) is 23.5. The number of allylic oxidation sites excluding steroid dienone is 2. The van der Waals surface area contributed by atoms with Crippen LogP contribution < -0.4 is 5.32 Å². The third kappa shape index (κ3) is 92.3. The number of dihydropyridines is 1. The number of rotatable bonds is 0. The molecule has 1 N–H and O–H groups in total. The molecule has 0 unspecified atom stereocenters. The summed E-state index contributed by atoms with van der Waals surface area (Å²) in [6, 6.07) is 11.4. The molecule has 3 nitrogen and oxygen atoms in total. The molecule has 0 atom stereocenters. The molecule has 2 aromatic heterocycles. The van der Waals surface area contributed by atoms with Crippen LogP contribution in [0.15, 0.2) is 85.6 Å². The highest BCUT2D eigenvalue weighted by molar-refractivity contribution is 5.76. The van der Waals surface area contributed by atoms with Crippen molar-refractivity contribution in [1.29, 1.82) is 0 Å². The minimum atomic E-state index is 0. The van der Waals surface area contributed by atoms with E-state index in [1.54, 1.807) is 24.8 Å². The molecular weight excluding hydrogens is 399 g/mol. The first-order valence-electron chi connectivity index (χ1n) is 10.9. The van der Waals surface area contributed by atoms with Crippen molar-refractivity contribution in [3.8, 4) is 0 Å². The minimum Gasteiger partial charge on any atom is -0.387 e. The summed E-state index contributed by atoms with van der Waals surface area (Å²) in [4.78, 5) is 7.57. The number of hydrogen-bond acceptors (Lipinski definition) is 3. The molecule has 6 heteroatoms. The van der Waals surface area contributed by atoms with Gasteiger partial charge in [-0.1, -0.05) is 86.6 Å². The summed E-state index contributed by atoms with van der Waals surface area (Å²) >= 11 is 0. The van der Waals surface area contributed by atoms with Crippen LogP contribution in [0.25, 0.3) is 0 Å². The standard InChI is InChI=1S/C5H7N.2C5H5N.3C4H10.3B/c3*1-2-4-6-5-3-1;3*1-4(2)3;;;/h1-4,6H,5H2;2*1-5H;3*4H,1-3H3;;;. The van der Waals surface area contributed by atoms with Crippen molar-refractivity contribution in [2.75, 3.05) is 6.54 Å². The summed E-state index contributed by atoms with van der Waals surface area (Å²) in [5.41, 5.74) is 0. The maximum absolute atomic E-state index is 3.78. The molecule has 1 aliphatic rings. The van der Waals surface area contributed by atoms with E-state index in [0.29, 0.717) is 0 Å². The quantitative estimate of drug-likeness (QED) is 0.460. The van der Waals surface area contributed by atoms with Gasteiger partial charge >= 0.3 is 0 Å². The van der Waals surface area contributed by atoms with Crippen molar-refractivity contribution in [3.05, 3.63) is 85.6 Å². The lowest BCUT2D eigenvalue weighted by Crippen LogP contribution is -2.05. The third-order valence-electron chi connectivity index (χ3n) is 1.83. The Morgan fingerprint density at radius 2 is 0.818 bits per heavy atom. The molecule has 3 rings (SSSR count). The van der Waals surface area contributed by atoms with Gasteiger partial charge in [0.15, 0.2) is 0 Å². The van der Waals surface area contributed by atoms with E-state index in [4.69, 9.17) is 0 Å². The summed E-state index contributed by atoms with van der Waals surface area (Å²) in [5, 5.41) is 3.02. The third-order valence-corrected chi connectivity index (χ3v) is 1.83. The molecule has 0 aromatic carbocycles. The Hall–Kier alpha value is -2.23. The topological polar surface area (TPSA) is 37.8 Å². The minimum absolute atomic E-state index is 0. The summed E-state index contributed by atoms with van der Waals surface area (Å²) in [7, 11) is 0. The van der Waals surface area contributed by atoms with Crippen LogP contribution in [-0.4, -0.2) is 41.8 Å². The van der Waals surface area contributed by atoms with Gasteiger partial charge < -0.3 is 5.32 Å². The fraction of sp³-hybridized carbons (Fsp3) is 0.481. The number of hydrogen-bond donors (Lipinski definition) is 1. The molecule has 0 bridgehead atoms. The number of aromatic nitrogens is 2. The molecular formula is C27H47B3N3. The molecule has 0 amide bonds. The van der Waals surface area contributed by atoms with E-state index in [0.717, 1.165) is 24.3 Å². The highest BCUT2D eigenvalue weighted by Crippen LogP contribution is 1.82. The van der Waals surface area contributed by atoms with Crippen molar-refractivity contribution >= 4 is 25.2 Å². The molecule has 0 fully saturated rings. The first kappa shape index (κ1) is 44.5. The summed E-state index contributed by atoms with van der Waals surface area (Å²) in [6.45, 7) is 20.5. The Labute approximate surface area is 212 Å². The molecule has 0 saturated carbocycles. The Balaban J connectivity index is -0.0000000659. The van der Waals surface area contributed by atoms with Crippen molar-refractivity contribution in [1.82, 2.24) is 15.3 Å². The van der Waals surface area contributed by atoms with Crippen molar-refractivity contribution in [2.24, 2.45) is 17.8 Å². The summed E-state index contributed by atoms with van der Waals surface area (Å²) in [6.07, 6.45) is 15.0. The summed E-state index contributed by atoms with van der Waals surface area (Å²) in [5.74, 6) is 2.50. The van der Waals surface area contributed by atoms with Crippen LogP contribution in [-0.2, 0) is 0 Å². The van der Waals surface area contributed by atoms with E-state index in [2.05, 4.69) is 83.7 Å². The Morgan fingerprint density at radius 3 is 0.879 bits per heavy atom. The van der Waals surface area contributed by atoms with E-state index in [9.17, 15) is 0 Å². The lowest BCUT2D eigenvalue weighted by atomic mass is 10.3. The van der Waals surface area contributed by atoms with Gasteiger partial charge in [-0.2, -0.15) is 0 Å². The average Bonchev–Trinajstić information content (AvgIpc) is 2.72. The zero-order valence-electron chi connectivity index (χ0n) is 22.6. The molecule has 179 valence electrons. The maximum Gasteiger partial charge on any atom is 0.0328 e. The van der Waals surface area contributed by atoms with Gasteiger partial charge in [0.1, 0.15) is 0 Å². The van der Waals surface area contributed by atoms with Crippen LogP contribution in [0.2, 0.25) is 0 Å². The zero-order valence-corrected chi connectivity index (χ0v) is 22.6. The van der Waals surface area contributed by atoms with Gasteiger partial charge in [0.05, 0.1) is 0 Å². The fourth-order valence-electron chi connectivity index (χ4n) is 1.03. The normalized spacial score (nSPS) is 9.33. The first-order chi connectivity index (χ1) is 14.2. The van der Waals surface area contributed by atoms with Crippen LogP contribution in [0.5, 0.6) is 0 Å². The van der Waals surface area contributed by atoms with Gasteiger partial charge in [-0.05, 0) is 54.3 Å². The second-order valence-electron chi connectivity index (χ2n) is 8.44. The van der Waals surface area contributed by atoms with E-state index < -0.39 is 0 Å². The average molecular weight is 446 g/mol. The number of nitrogens with zero attached hydrogens (tertiary/aromatic N) is 2. The second kappa shape index (κ2) is 40.2. The predicted octanol–water partition coefficient (Wildman–Crippen LogP) is 6.67. The van der Waals surface area contributed by atoms with Crippen LogP contribution in [0.1, 0.15) is 62.3 Å². The summed E-state index contributed by atoms with van der Waals surface area (Å²) < 4.78 is 0. The van der Waals surface area contributed by atoms with Gasteiger partial charge in [-0.25, -0.2) is 0 Å². The Morgan fingerprint density at radius 1 is 0.515 bits per heavy atom. The smallest absolute Gasteiger partial charge is 0.0328 e. The molecule has 3 heterocycles. The van der Waals surface area contributed by atoms with Crippen molar-refractivity contribution in [3.63, 3.8) is 0 Å². The monoisotopic (exact) mass is 446 g/mol. The van der Waals surface area contributed by atoms with Gasteiger partial charge in [-0.3, -0.25) is 9.97 Å². The van der Waals surface area contributed by atoms with Gasteiger partial charge in [0.25, 0.3) is 0 Å². The SMILES string of the molecule is C1=CCNC=C1.CC(C)C.CC(C)C.CC(C)C.[B].[B].[B].c1ccncc1.c1ccncc1. The predicted molar refractivity (Wildman–Crippen MR) is 154 cm³/mol. The number of nitrogens with one attached hydrogen (secondary N) is 1. The van der Waals surface area contributed by atoms with E-state index in [1.807, 2.05) is 54.8 Å².